The van der Waals surface area contributed by atoms with Gasteiger partial charge >= 0.3 is 5.97 Å². The first-order valence-electron chi connectivity index (χ1n) is 6.74. The summed E-state index contributed by atoms with van der Waals surface area (Å²) in [5, 5.41) is 9.06. The van der Waals surface area contributed by atoms with Crippen LogP contribution in [0.1, 0.15) is 38.3 Å². The molecule has 1 aromatic rings. The molecule has 0 bridgehead atoms. The van der Waals surface area contributed by atoms with Crippen LogP contribution in [0, 0.1) is 11.7 Å². The smallest absolute Gasteiger partial charge is 0.307 e. The predicted octanol–water partition coefficient (Wildman–Crippen LogP) is 3.11. The van der Waals surface area contributed by atoms with E-state index in [1.54, 1.807) is 13.2 Å². The quantitative estimate of drug-likeness (QED) is 0.901. The number of methoxy groups -OCH3 is 1. The standard InChI is InChI=1S/C16H21FO3/c1-15(2,9-20-4)11-6-5-10(7-13(11)17)16(3)8-12(16)14(18)19/h5-7,12H,8-9H2,1-4H3,(H,18,19). The summed E-state index contributed by atoms with van der Waals surface area (Å²) >= 11 is 0. The van der Waals surface area contributed by atoms with Crippen LogP contribution in [0.15, 0.2) is 18.2 Å². The van der Waals surface area contributed by atoms with Gasteiger partial charge in [0.15, 0.2) is 0 Å². The molecule has 3 nitrogen and oxygen atoms in total. The minimum Gasteiger partial charge on any atom is -0.481 e. The van der Waals surface area contributed by atoms with Gasteiger partial charge in [0.1, 0.15) is 5.82 Å². The molecule has 1 aliphatic rings. The molecule has 110 valence electrons. The fourth-order valence-corrected chi connectivity index (χ4v) is 2.90. The fourth-order valence-electron chi connectivity index (χ4n) is 2.90. The molecule has 20 heavy (non-hydrogen) atoms. The van der Waals surface area contributed by atoms with Crippen LogP contribution in [0.2, 0.25) is 0 Å². The summed E-state index contributed by atoms with van der Waals surface area (Å²) < 4.78 is 19.5. The van der Waals surface area contributed by atoms with Crippen molar-refractivity contribution in [3.63, 3.8) is 0 Å². The molecule has 0 radical (unpaired) electrons. The first-order chi connectivity index (χ1) is 9.22. The summed E-state index contributed by atoms with van der Waals surface area (Å²) in [5.74, 6) is -1.50. The van der Waals surface area contributed by atoms with Crippen LogP contribution in [-0.2, 0) is 20.4 Å². The second-order valence-electron chi connectivity index (χ2n) is 6.52. The summed E-state index contributed by atoms with van der Waals surface area (Å²) in [7, 11) is 1.59. The van der Waals surface area contributed by atoms with Crippen molar-refractivity contribution in [2.45, 2.75) is 38.0 Å². The summed E-state index contributed by atoms with van der Waals surface area (Å²) in [5.41, 5.74) is 0.517. The van der Waals surface area contributed by atoms with Gasteiger partial charge in [-0.25, -0.2) is 4.39 Å². The number of ether oxygens (including phenoxy) is 1. The molecule has 4 heteroatoms. The summed E-state index contributed by atoms with van der Waals surface area (Å²) in [6.07, 6.45) is 0.572. The lowest BCUT2D eigenvalue weighted by Crippen LogP contribution is -2.25. The van der Waals surface area contributed by atoms with Gasteiger partial charge in [0.05, 0.1) is 12.5 Å². The molecule has 2 rings (SSSR count). The van der Waals surface area contributed by atoms with Crippen molar-refractivity contribution >= 4 is 5.97 Å². The number of halogens is 1. The number of rotatable bonds is 5. The first kappa shape index (κ1) is 15.0. The van der Waals surface area contributed by atoms with E-state index in [0.29, 0.717) is 18.6 Å². The molecule has 1 saturated carbocycles. The molecule has 0 saturated heterocycles. The molecule has 0 heterocycles. The zero-order valence-electron chi connectivity index (χ0n) is 12.4. The van der Waals surface area contributed by atoms with E-state index in [9.17, 15) is 9.18 Å². The fraction of sp³-hybridized carbons (Fsp3) is 0.562. The molecule has 2 atom stereocenters. The average molecular weight is 280 g/mol. The van der Waals surface area contributed by atoms with Crippen LogP contribution in [0.4, 0.5) is 4.39 Å². The minimum absolute atomic E-state index is 0.290. The number of carbonyl (C=O) groups is 1. The van der Waals surface area contributed by atoms with Gasteiger partial charge in [0.2, 0.25) is 0 Å². The van der Waals surface area contributed by atoms with Crippen LogP contribution in [0.5, 0.6) is 0 Å². The topological polar surface area (TPSA) is 46.5 Å². The lowest BCUT2D eigenvalue weighted by atomic mass is 9.83. The van der Waals surface area contributed by atoms with E-state index < -0.39 is 22.7 Å². The zero-order valence-corrected chi connectivity index (χ0v) is 12.4. The van der Waals surface area contributed by atoms with Gasteiger partial charge in [-0.1, -0.05) is 32.9 Å². The Hall–Kier alpha value is -1.42. The van der Waals surface area contributed by atoms with Crippen molar-refractivity contribution in [1.29, 1.82) is 0 Å². The van der Waals surface area contributed by atoms with E-state index in [0.717, 1.165) is 5.56 Å². The van der Waals surface area contributed by atoms with Gasteiger partial charge < -0.3 is 9.84 Å². The molecule has 0 spiro atoms. The van der Waals surface area contributed by atoms with E-state index in [2.05, 4.69) is 0 Å². The lowest BCUT2D eigenvalue weighted by molar-refractivity contribution is -0.138. The molecular weight excluding hydrogens is 259 g/mol. The van der Waals surface area contributed by atoms with Crippen LogP contribution in [-0.4, -0.2) is 24.8 Å². The third-order valence-electron chi connectivity index (χ3n) is 4.40. The van der Waals surface area contributed by atoms with Gasteiger partial charge in [0, 0.05) is 17.9 Å². The van der Waals surface area contributed by atoms with E-state index in [1.165, 1.54) is 6.07 Å². The van der Waals surface area contributed by atoms with Crippen molar-refractivity contribution in [3.05, 3.63) is 35.1 Å². The zero-order chi connectivity index (χ0) is 15.1. The molecule has 1 aliphatic carbocycles. The average Bonchev–Trinajstić information content (AvgIpc) is 3.03. The minimum atomic E-state index is -0.809. The Morgan fingerprint density at radius 3 is 2.65 bits per heavy atom. The number of carboxylic acid groups (broad SMARTS) is 1. The highest BCUT2D eigenvalue weighted by Gasteiger charge is 2.56. The Morgan fingerprint density at radius 1 is 1.55 bits per heavy atom. The Balaban J connectivity index is 2.30. The van der Waals surface area contributed by atoms with Crippen LogP contribution in [0.3, 0.4) is 0 Å². The Bertz CT molecular complexity index is 539. The highest BCUT2D eigenvalue weighted by molar-refractivity contribution is 5.77. The van der Waals surface area contributed by atoms with Crippen molar-refractivity contribution in [3.8, 4) is 0 Å². The first-order valence-corrected chi connectivity index (χ1v) is 6.74. The molecule has 0 amide bonds. The number of benzene rings is 1. The maximum atomic E-state index is 14.4. The van der Waals surface area contributed by atoms with E-state index >= 15 is 0 Å². The number of carboxylic acids is 1. The number of hydrogen-bond acceptors (Lipinski definition) is 2. The maximum Gasteiger partial charge on any atom is 0.307 e. The molecule has 1 fully saturated rings. The Labute approximate surface area is 118 Å². The summed E-state index contributed by atoms with van der Waals surface area (Å²) in [4.78, 5) is 11.0. The normalized spacial score (nSPS) is 25.6. The van der Waals surface area contributed by atoms with Crippen LogP contribution in [0.25, 0.3) is 0 Å². The monoisotopic (exact) mass is 280 g/mol. The van der Waals surface area contributed by atoms with Crippen molar-refractivity contribution in [1.82, 2.24) is 0 Å². The lowest BCUT2D eigenvalue weighted by Gasteiger charge is -2.25. The summed E-state index contributed by atoms with van der Waals surface area (Å²) in [6, 6.07) is 5.08. The number of hydrogen-bond donors (Lipinski definition) is 1. The molecular formula is C16H21FO3. The van der Waals surface area contributed by atoms with Crippen LogP contribution < -0.4 is 0 Å². The SMILES string of the molecule is COCC(C)(C)c1ccc(C2(C)CC2C(=O)O)cc1F. The van der Waals surface area contributed by atoms with E-state index in [-0.39, 0.29) is 5.82 Å². The highest BCUT2D eigenvalue weighted by atomic mass is 19.1. The Morgan fingerprint density at radius 2 is 2.20 bits per heavy atom. The van der Waals surface area contributed by atoms with Crippen molar-refractivity contribution in [2.75, 3.05) is 13.7 Å². The second kappa shape index (κ2) is 4.85. The predicted molar refractivity (Wildman–Crippen MR) is 74.4 cm³/mol. The van der Waals surface area contributed by atoms with Crippen LogP contribution >= 0.6 is 0 Å². The van der Waals surface area contributed by atoms with Gasteiger partial charge in [0.25, 0.3) is 0 Å². The molecule has 1 aromatic carbocycles. The molecule has 0 aliphatic heterocycles. The summed E-state index contributed by atoms with van der Waals surface area (Å²) in [6.45, 7) is 6.15. The maximum absolute atomic E-state index is 14.4. The van der Waals surface area contributed by atoms with Crippen molar-refractivity contribution < 1.29 is 19.0 Å². The molecule has 0 aromatic heterocycles. The number of aliphatic carboxylic acids is 1. The van der Waals surface area contributed by atoms with E-state index in [1.807, 2.05) is 26.8 Å². The Kier molecular flexibility index (Phi) is 3.63. The third-order valence-corrected chi connectivity index (χ3v) is 4.40. The van der Waals surface area contributed by atoms with Gasteiger partial charge in [-0.3, -0.25) is 4.79 Å². The van der Waals surface area contributed by atoms with Gasteiger partial charge in [-0.05, 0) is 23.6 Å². The largest absolute Gasteiger partial charge is 0.481 e. The second-order valence-corrected chi connectivity index (χ2v) is 6.52. The molecule has 1 N–H and O–H groups in total. The molecule has 2 unspecified atom stereocenters. The third kappa shape index (κ3) is 2.44. The van der Waals surface area contributed by atoms with Gasteiger partial charge in [-0.2, -0.15) is 0 Å². The van der Waals surface area contributed by atoms with E-state index in [4.69, 9.17) is 9.84 Å². The van der Waals surface area contributed by atoms with Crippen molar-refractivity contribution in [2.24, 2.45) is 5.92 Å². The highest BCUT2D eigenvalue weighted by Crippen LogP contribution is 2.54. The van der Waals surface area contributed by atoms with Gasteiger partial charge in [-0.15, -0.1) is 0 Å².